The predicted molar refractivity (Wildman–Crippen MR) is 116 cm³/mol. The van der Waals surface area contributed by atoms with Gasteiger partial charge in [0.15, 0.2) is 17.3 Å². The van der Waals surface area contributed by atoms with Crippen LogP contribution in [-0.4, -0.2) is 57.9 Å². The first-order chi connectivity index (χ1) is 15.8. The first-order valence-electron chi connectivity index (χ1n) is 10.4. The molecule has 1 atom stereocenters. The van der Waals surface area contributed by atoms with Gasteiger partial charge in [-0.3, -0.25) is 4.79 Å². The summed E-state index contributed by atoms with van der Waals surface area (Å²) in [6.07, 6.45) is 1.69. The lowest BCUT2D eigenvalue weighted by molar-refractivity contribution is -0.124. The number of sulfonamides is 1. The van der Waals surface area contributed by atoms with Crippen LogP contribution in [0.5, 0.6) is 11.5 Å². The molecule has 0 bridgehead atoms. The highest BCUT2D eigenvalue weighted by Gasteiger charge is 2.39. The molecule has 2 aliphatic rings. The molecule has 2 heterocycles. The number of rotatable bonds is 7. The van der Waals surface area contributed by atoms with E-state index in [2.05, 4.69) is 14.5 Å². The maximum atomic E-state index is 12.9. The molecule has 1 saturated heterocycles. The average molecular weight is 480 g/mol. The number of nitrogens with zero attached hydrogens (tertiary/aromatic N) is 2. The van der Waals surface area contributed by atoms with E-state index in [4.69, 9.17) is 4.74 Å². The van der Waals surface area contributed by atoms with Crippen LogP contribution in [0.3, 0.4) is 0 Å². The highest BCUT2D eigenvalue weighted by atomic mass is 32.2. The van der Waals surface area contributed by atoms with E-state index in [1.54, 1.807) is 29.2 Å². The second-order valence-corrected chi connectivity index (χ2v) is 9.21. The van der Waals surface area contributed by atoms with E-state index in [1.165, 1.54) is 25.3 Å². The van der Waals surface area contributed by atoms with Crippen LogP contribution in [0.25, 0.3) is 0 Å². The van der Waals surface area contributed by atoms with Crippen molar-refractivity contribution < 1.29 is 31.5 Å². The molecule has 0 saturated carbocycles. The molecule has 1 N–H and O–H groups in total. The number of methoxy groups -OCH3 is 1. The molecule has 1 fully saturated rings. The minimum Gasteiger partial charge on any atom is -0.493 e. The Bertz CT molecular complexity index is 1190. The summed E-state index contributed by atoms with van der Waals surface area (Å²) in [5.74, 6) is 0.177. The molecule has 176 valence electrons. The molecule has 0 spiro atoms. The molecule has 0 aromatic heterocycles. The number of nitrogens with one attached hydrogen (secondary N) is 1. The third-order valence-corrected chi connectivity index (χ3v) is 6.92. The van der Waals surface area contributed by atoms with E-state index in [0.717, 1.165) is 6.42 Å². The first kappa shape index (κ1) is 23.0. The molecule has 4 rings (SSSR count). The van der Waals surface area contributed by atoms with Crippen molar-refractivity contribution in [2.75, 3.05) is 20.2 Å². The Morgan fingerprint density at radius 1 is 1.24 bits per heavy atom. The van der Waals surface area contributed by atoms with E-state index in [1.807, 2.05) is 0 Å². The van der Waals surface area contributed by atoms with Crippen LogP contribution >= 0.6 is 0 Å². The molecule has 2 aromatic carbocycles. The summed E-state index contributed by atoms with van der Waals surface area (Å²) in [6, 6.07) is 10.7. The van der Waals surface area contributed by atoms with Crippen LogP contribution < -0.4 is 14.8 Å². The summed E-state index contributed by atoms with van der Waals surface area (Å²) >= 11 is 0. The van der Waals surface area contributed by atoms with Crippen LogP contribution in [0.1, 0.15) is 24.0 Å². The Morgan fingerprint density at radius 2 is 2.03 bits per heavy atom. The third-order valence-electron chi connectivity index (χ3n) is 5.60. The first-order valence-corrected chi connectivity index (χ1v) is 11.8. The zero-order valence-electron chi connectivity index (χ0n) is 17.8. The van der Waals surface area contributed by atoms with E-state index < -0.39 is 22.7 Å². The largest absolute Gasteiger partial charge is 0.493 e. The van der Waals surface area contributed by atoms with Gasteiger partial charge in [-0.25, -0.2) is 0 Å². The van der Waals surface area contributed by atoms with E-state index in [9.17, 15) is 22.0 Å². The number of hydrogen-bond acceptors (Lipinski definition) is 6. The second-order valence-electron chi connectivity index (χ2n) is 7.64. The minimum absolute atomic E-state index is 0.0718. The molecule has 11 heteroatoms. The predicted octanol–water partition coefficient (Wildman–Crippen LogP) is 2.57. The van der Waals surface area contributed by atoms with Crippen molar-refractivity contribution in [2.45, 2.75) is 36.8 Å². The Morgan fingerprint density at radius 3 is 2.79 bits per heavy atom. The van der Waals surface area contributed by atoms with Gasteiger partial charge in [0.25, 0.3) is 10.0 Å². The monoisotopic (exact) mass is 479 g/mol. The number of carbonyl (C=O) groups excluding carboxylic acids is 1. The Kier molecular flexibility index (Phi) is 6.50. The summed E-state index contributed by atoms with van der Waals surface area (Å²) in [7, 11) is -2.41. The highest BCUT2D eigenvalue weighted by Crippen LogP contribution is 2.31. The van der Waals surface area contributed by atoms with Gasteiger partial charge in [-0.2, -0.15) is 17.2 Å². The number of carbonyl (C=O) groups is 1. The lowest BCUT2D eigenvalue weighted by Gasteiger charge is -2.25. The standard InChI is InChI=1S/C22H23F2N3O5S/c1-31-17-9-8-14(13-18(17)32-22(23)24)10-11-25-21(28)16-6-4-12-27(16)20-15-5-2-3-7-19(15)33(29,30)26-20/h2-3,5,7-9,13,16,22H,4,6,10-12H2,1H3,(H,25,28)/t16-/m0/s1. The summed E-state index contributed by atoms with van der Waals surface area (Å²) in [6.45, 7) is -2.19. The van der Waals surface area contributed by atoms with Gasteiger partial charge >= 0.3 is 6.61 Å². The molecule has 8 nitrogen and oxygen atoms in total. The number of hydrogen-bond donors (Lipinski definition) is 1. The van der Waals surface area contributed by atoms with Crippen molar-refractivity contribution in [1.82, 2.24) is 10.2 Å². The molecule has 0 aliphatic carbocycles. The van der Waals surface area contributed by atoms with Crippen LogP contribution in [0.2, 0.25) is 0 Å². The van der Waals surface area contributed by atoms with Crippen molar-refractivity contribution in [3.63, 3.8) is 0 Å². The van der Waals surface area contributed by atoms with Crippen molar-refractivity contribution in [3.05, 3.63) is 53.6 Å². The van der Waals surface area contributed by atoms with Crippen molar-refractivity contribution in [3.8, 4) is 11.5 Å². The molecule has 33 heavy (non-hydrogen) atoms. The number of benzene rings is 2. The van der Waals surface area contributed by atoms with Crippen molar-refractivity contribution >= 4 is 21.8 Å². The lowest BCUT2D eigenvalue weighted by Crippen LogP contribution is -2.46. The van der Waals surface area contributed by atoms with E-state index >= 15 is 0 Å². The SMILES string of the molecule is COc1ccc(CCNC(=O)[C@@H]2CCCN2C2=NS(=O)(=O)c3ccccc32)cc1OC(F)F. The number of likely N-dealkylation sites (tertiary alicyclic amines) is 1. The topological polar surface area (TPSA) is 97.3 Å². The minimum atomic E-state index is -3.77. The zero-order chi connectivity index (χ0) is 23.6. The molecule has 0 unspecified atom stereocenters. The maximum absolute atomic E-state index is 12.9. The van der Waals surface area contributed by atoms with Gasteiger partial charge in [0.2, 0.25) is 5.91 Å². The second kappa shape index (κ2) is 9.34. The summed E-state index contributed by atoms with van der Waals surface area (Å²) < 4.78 is 63.4. The van der Waals surface area contributed by atoms with Crippen LogP contribution in [0, 0.1) is 0 Å². The smallest absolute Gasteiger partial charge is 0.387 e. The number of amidine groups is 1. The number of alkyl halides is 2. The molecule has 0 radical (unpaired) electrons. The van der Waals surface area contributed by atoms with Crippen molar-refractivity contribution in [2.24, 2.45) is 4.40 Å². The van der Waals surface area contributed by atoms with Gasteiger partial charge in [-0.05, 0) is 49.1 Å². The zero-order valence-corrected chi connectivity index (χ0v) is 18.6. The van der Waals surface area contributed by atoms with E-state index in [0.29, 0.717) is 36.3 Å². The fourth-order valence-corrected chi connectivity index (χ4v) is 5.32. The quantitative estimate of drug-likeness (QED) is 0.656. The molecule has 2 aromatic rings. The Labute approximate surface area is 190 Å². The maximum Gasteiger partial charge on any atom is 0.387 e. The van der Waals surface area contributed by atoms with Gasteiger partial charge < -0.3 is 19.7 Å². The van der Waals surface area contributed by atoms with Crippen LogP contribution in [0.15, 0.2) is 51.8 Å². The summed E-state index contributed by atoms with van der Waals surface area (Å²) in [4.78, 5) is 14.8. The van der Waals surface area contributed by atoms with Crippen molar-refractivity contribution in [1.29, 1.82) is 0 Å². The molecule has 1 amide bonds. The van der Waals surface area contributed by atoms with Gasteiger partial charge in [0.1, 0.15) is 10.9 Å². The molecule has 2 aliphatic heterocycles. The number of fused-ring (bicyclic) bond motifs is 1. The van der Waals surface area contributed by atoms with E-state index in [-0.39, 0.29) is 28.8 Å². The Balaban J connectivity index is 1.41. The lowest BCUT2D eigenvalue weighted by atomic mass is 10.1. The molecular formula is C22H23F2N3O5S. The summed E-state index contributed by atoms with van der Waals surface area (Å²) in [5.41, 5.74) is 1.19. The van der Waals surface area contributed by atoms with Crippen LogP contribution in [0.4, 0.5) is 8.78 Å². The van der Waals surface area contributed by atoms with Gasteiger partial charge in [-0.1, -0.05) is 18.2 Å². The summed E-state index contributed by atoms with van der Waals surface area (Å²) in [5, 5.41) is 2.85. The fourth-order valence-electron chi connectivity index (χ4n) is 4.10. The van der Waals surface area contributed by atoms with Gasteiger partial charge in [0.05, 0.1) is 7.11 Å². The van der Waals surface area contributed by atoms with Gasteiger partial charge in [0, 0.05) is 18.7 Å². The van der Waals surface area contributed by atoms with Crippen LogP contribution in [-0.2, 0) is 21.2 Å². The third kappa shape index (κ3) is 4.77. The number of halogens is 2. The average Bonchev–Trinajstić information content (AvgIpc) is 3.36. The fraction of sp³-hybridized carbons (Fsp3) is 0.364. The normalized spacial score (nSPS) is 18.7. The molecular weight excluding hydrogens is 456 g/mol. The number of amides is 1. The number of ether oxygens (including phenoxy) is 2. The van der Waals surface area contributed by atoms with Gasteiger partial charge in [-0.15, -0.1) is 4.40 Å². The highest BCUT2D eigenvalue weighted by molar-refractivity contribution is 7.90. The Hall–Kier alpha value is -3.21.